The number of carbonyl (C=O) groups excluding carboxylic acids is 4. The van der Waals surface area contributed by atoms with Crippen LogP contribution in [0.3, 0.4) is 0 Å². The molecule has 0 radical (unpaired) electrons. The molecule has 0 aromatic rings. The van der Waals surface area contributed by atoms with Crippen LogP contribution in [0.15, 0.2) is 12.2 Å². The topological polar surface area (TPSA) is 130 Å². The number of fused-ring (bicyclic) bond motifs is 3. The van der Waals surface area contributed by atoms with Crippen molar-refractivity contribution in [2.75, 3.05) is 20.3 Å². The van der Waals surface area contributed by atoms with Crippen LogP contribution >= 0.6 is 0 Å². The van der Waals surface area contributed by atoms with Gasteiger partial charge in [-0.25, -0.2) is 4.79 Å². The van der Waals surface area contributed by atoms with E-state index < -0.39 is 41.3 Å². The summed E-state index contributed by atoms with van der Waals surface area (Å²) in [4.78, 5) is 53.2. The predicted octanol–water partition coefficient (Wildman–Crippen LogP) is 2.50. The van der Waals surface area contributed by atoms with Gasteiger partial charge in [0.2, 0.25) is 0 Å². The van der Waals surface area contributed by atoms with Gasteiger partial charge in [-0.05, 0) is 75.7 Å². The average molecular weight is 522 g/mol. The standard InChI is InChI=1S/C28H43NO8/c1-19-12-13-20-18-28(19,35)25(32)26(33)29-15-8-7-10-23(29)27(34)37-16-14-22(31)17-21(30)9-5-3-4-6-11-24(20)36-2/h5,9,19-20,22-24,31,35H,3-4,6-8,10-18H2,1-2H3/t19-,20?,22?,23?,24?,28+/m1/s1. The molecule has 6 atom stereocenters. The third-order valence-corrected chi connectivity index (χ3v) is 8.36. The van der Waals surface area contributed by atoms with Gasteiger partial charge in [0, 0.05) is 26.5 Å². The van der Waals surface area contributed by atoms with Crippen molar-refractivity contribution in [3.63, 3.8) is 0 Å². The van der Waals surface area contributed by atoms with Gasteiger partial charge in [0.05, 0.1) is 18.8 Å². The van der Waals surface area contributed by atoms with Gasteiger partial charge < -0.3 is 24.6 Å². The number of methoxy groups -OCH3 is 1. The highest BCUT2D eigenvalue weighted by Crippen LogP contribution is 2.41. The van der Waals surface area contributed by atoms with Gasteiger partial charge in [-0.15, -0.1) is 0 Å². The van der Waals surface area contributed by atoms with Gasteiger partial charge in [0.25, 0.3) is 11.7 Å². The van der Waals surface area contributed by atoms with E-state index in [-0.39, 0.29) is 50.2 Å². The number of ether oxygens (including phenoxy) is 2. The lowest BCUT2D eigenvalue weighted by Gasteiger charge is -2.43. The molecule has 3 aliphatic rings. The van der Waals surface area contributed by atoms with Crippen molar-refractivity contribution in [2.24, 2.45) is 11.8 Å². The van der Waals surface area contributed by atoms with Gasteiger partial charge in [-0.2, -0.15) is 0 Å². The van der Waals surface area contributed by atoms with Gasteiger partial charge in [0.15, 0.2) is 5.78 Å². The highest BCUT2D eigenvalue weighted by atomic mass is 16.5. The number of allylic oxidation sites excluding steroid dienone is 2. The van der Waals surface area contributed by atoms with Gasteiger partial charge in [-0.1, -0.05) is 19.4 Å². The van der Waals surface area contributed by atoms with E-state index in [4.69, 9.17) is 9.47 Å². The average Bonchev–Trinajstić information content (AvgIpc) is 2.88. The summed E-state index contributed by atoms with van der Waals surface area (Å²) in [5, 5.41) is 21.8. The molecule has 2 fully saturated rings. The van der Waals surface area contributed by atoms with E-state index in [0.29, 0.717) is 32.1 Å². The number of Topliss-reactive ketones (excluding diaryl/α,β-unsaturated/α-hetero) is 1. The number of hydrogen-bond acceptors (Lipinski definition) is 8. The summed E-state index contributed by atoms with van der Waals surface area (Å²) in [6.07, 6.45) is 8.66. The van der Waals surface area contributed by atoms with E-state index in [0.717, 1.165) is 25.7 Å². The lowest BCUT2D eigenvalue weighted by molar-refractivity contribution is -0.170. The number of ketones is 2. The van der Waals surface area contributed by atoms with Crippen LogP contribution in [0.2, 0.25) is 0 Å². The summed E-state index contributed by atoms with van der Waals surface area (Å²) < 4.78 is 11.1. The first-order chi connectivity index (χ1) is 17.7. The van der Waals surface area contributed by atoms with Gasteiger partial charge in [-0.3, -0.25) is 14.4 Å². The summed E-state index contributed by atoms with van der Waals surface area (Å²) >= 11 is 0. The molecule has 37 heavy (non-hydrogen) atoms. The molecule has 1 saturated heterocycles. The molecule has 2 N–H and O–H groups in total. The normalized spacial score (nSPS) is 35.9. The molecule has 3 rings (SSSR count). The molecule has 1 saturated carbocycles. The molecule has 0 aromatic carbocycles. The van der Waals surface area contributed by atoms with Crippen molar-refractivity contribution < 1.29 is 38.9 Å². The number of esters is 1. The molecular formula is C28H43NO8. The number of hydrogen-bond donors (Lipinski definition) is 2. The van der Waals surface area contributed by atoms with Crippen LogP contribution < -0.4 is 0 Å². The van der Waals surface area contributed by atoms with Crippen molar-refractivity contribution in [1.82, 2.24) is 4.90 Å². The highest BCUT2D eigenvalue weighted by Gasteiger charge is 2.52. The Bertz CT molecular complexity index is 857. The summed E-state index contributed by atoms with van der Waals surface area (Å²) in [5.41, 5.74) is -1.81. The third-order valence-electron chi connectivity index (χ3n) is 8.36. The smallest absolute Gasteiger partial charge is 0.328 e. The molecule has 2 aliphatic heterocycles. The summed E-state index contributed by atoms with van der Waals surface area (Å²) in [6.45, 7) is 1.94. The number of cyclic esters (lactones) is 1. The van der Waals surface area contributed by atoms with Crippen LogP contribution in [0.25, 0.3) is 0 Å². The minimum absolute atomic E-state index is 0.0548. The zero-order chi connectivity index (χ0) is 27.0. The Morgan fingerprint density at radius 1 is 1.03 bits per heavy atom. The molecule has 4 unspecified atom stereocenters. The first kappa shape index (κ1) is 29.5. The molecule has 1 amide bonds. The number of carbonyl (C=O) groups is 4. The number of piperidine rings is 1. The monoisotopic (exact) mass is 521 g/mol. The van der Waals surface area contributed by atoms with E-state index in [1.54, 1.807) is 14.0 Å². The quantitative estimate of drug-likeness (QED) is 0.398. The fourth-order valence-electron chi connectivity index (χ4n) is 5.94. The fraction of sp³-hybridized carbons (Fsp3) is 0.786. The van der Waals surface area contributed by atoms with Crippen LogP contribution in [-0.2, 0) is 28.7 Å². The SMILES string of the molecule is COC1CCCCC=CC(=O)CC(O)CCOC(=O)C2CCCCN2C(=O)C(=O)[C@]2(O)CC1CC[C@H]2C. The maximum atomic E-state index is 13.5. The lowest BCUT2D eigenvalue weighted by Crippen LogP contribution is -2.59. The van der Waals surface area contributed by atoms with E-state index in [1.165, 1.54) is 11.0 Å². The Morgan fingerprint density at radius 3 is 2.54 bits per heavy atom. The molecular weight excluding hydrogens is 478 g/mol. The van der Waals surface area contributed by atoms with Crippen molar-refractivity contribution in [2.45, 2.75) is 108 Å². The molecule has 0 aromatic heterocycles. The maximum Gasteiger partial charge on any atom is 0.328 e. The summed E-state index contributed by atoms with van der Waals surface area (Å²) in [7, 11) is 1.63. The van der Waals surface area contributed by atoms with Crippen molar-refractivity contribution in [3.05, 3.63) is 12.2 Å². The first-order valence-electron chi connectivity index (χ1n) is 13.8. The zero-order valence-electron chi connectivity index (χ0n) is 22.2. The Morgan fingerprint density at radius 2 is 1.78 bits per heavy atom. The Kier molecular flexibility index (Phi) is 10.8. The van der Waals surface area contributed by atoms with Crippen LogP contribution in [-0.4, -0.2) is 82.7 Å². The molecule has 1 aliphatic carbocycles. The van der Waals surface area contributed by atoms with Crippen LogP contribution in [0.4, 0.5) is 0 Å². The second kappa shape index (κ2) is 13.6. The Labute approximate surface area is 219 Å². The maximum absolute atomic E-state index is 13.5. The molecule has 9 heteroatoms. The van der Waals surface area contributed by atoms with Crippen LogP contribution in [0, 0.1) is 11.8 Å². The number of aliphatic hydroxyl groups excluding tert-OH is 1. The molecule has 9 nitrogen and oxygen atoms in total. The minimum Gasteiger partial charge on any atom is -0.464 e. The number of nitrogens with zero attached hydrogens (tertiary/aromatic N) is 1. The van der Waals surface area contributed by atoms with Gasteiger partial charge >= 0.3 is 5.97 Å². The second-order valence-corrected chi connectivity index (χ2v) is 10.9. The second-order valence-electron chi connectivity index (χ2n) is 10.9. The number of aliphatic hydroxyl groups is 2. The predicted molar refractivity (Wildman–Crippen MR) is 135 cm³/mol. The molecule has 208 valence electrons. The number of amides is 1. The van der Waals surface area contributed by atoms with E-state index in [1.807, 2.05) is 6.08 Å². The van der Waals surface area contributed by atoms with Crippen molar-refractivity contribution in [3.8, 4) is 0 Å². The van der Waals surface area contributed by atoms with E-state index >= 15 is 0 Å². The minimum atomic E-state index is -1.81. The van der Waals surface area contributed by atoms with Crippen LogP contribution in [0.1, 0.15) is 84.0 Å². The highest BCUT2D eigenvalue weighted by molar-refractivity contribution is 6.39. The molecule has 2 bridgehead atoms. The largest absolute Gasteiger partial charge is 0.464 e. The zero-order valence-corrected chi connectivity index (χ0v) is 22.2. The van der Waals surface area contributed by atoms with Gasteiger partial charge in [0.1, 0.15) is 11.6 Å². The summed E-state index contributed by atoms with van der Waals surface area (Å²) in [5.74, 6) is -2.97. The molecule has 0 spiro atoms. The van der Waals surface area contributed by atoms with Crippen molar-refractivity contribution in [1.29, 1.82) is 0 Å². The lowest BCUT2D eigenvalue weighted by atomic mass is 9.67. The number of rotatable bonds is 1. The Hall–Kier alpha value is -2.10. The van der Waals surface area contributed by atoms with Crippen LogP contribution in [0.5, 0.6) is 0 Å². The summed E-state index contributed by atoms with van der Waals surface area (Å²) in [6, 6.07) is -0.911. The fourth-order valence-corrected chi connectivity index (χ4v) is 5.94. The van der Waals surface area contributed by atoms with Crippen molar-refractivity contribution >= 4 is 23.4 Å². The van der Waals surface area contributed by atoms with E-state index in [9.17, 15) is 29.4 Å². The third kappa shape index (κ3) is 7.48. The molecule has 2 heterocycles. The van der Waals surface area contributed by atoms with E-state index in [2.05, 4.69) is 0 Å². The first-order valence-corrected chi connectivity index (χ1v) is 13.8. The Balaban J connectivity index is 1.83.